The van der Waals surface area contributed by atoms with Crippen LogP contribution in [0.4, 0.5) is 0 Å². The van der Waals surface area contributed by atoms with Crippen molar-refractivity contribution in [2.75, 3.05) is 0 Å². The van der Waals surface area contributed by atoms with Gasteiger partial charge < -0.3 is 0 Å². The number of hydrogen-bond acceptors (Lipinski definition) is 0. The molecule has 0 heterocycles. The van der Waals surface area contributed by atoms with Gasteiger partial charge in [0.1, 0.15) is 0 Å². The van der Waals surface area contributed by atoms with Crippen LogP contribution in [0.15, 0.2) is 95.2 Å². The first-order chi connectivity index (χ1) is 17.7. The minimum Gasteiger partial charge on any atom is -0.0842 e. The fraction of sp³-hybridized carbons (Fsp3) is 0.500. The second kappa shape index (κ2) is 16.4. The Morgan fingerprint density at radius 2 is 1.44 bits per heavy atom. The number of allylic oxidation sites excluding steroid dienone is 12. The van der Waals surface area contributed by atoms with Crippen molar-refractivity contribution in [1.29, 1.82) is 0 Å². The van der Waals surface area contributed by atoms with Crippen molar-refractivity contribution in [3.8, 4) is 0 Å². The lowest BCUT2D eigenvalue weighted by molar-refractivity contribution is 0.504. The van der Waals surface area contributed by atoms with E-state index in [1.807, 2.05) is 13.8 Å². The average Bonchev–Trinajstić information content (AvgIpc) is 2.94. The Kier molecular flexibility index (Phi) is 12.9. The molecule has 36 heavy (non-hydrogen) atoms. The summed E-state index contributed by atoms with van der Waals surface area (Å²) in [7, 11) is 0. The maximum Gasteiger partial charge on any atom is -0.00322 e. The summed E-state index contributed by atoms with van der Waals surface area (Å²) in [6.07, 6.45) is 37.5. The zero-order chi connectivity index (χ0) is 25.4. The van der Waals surface area contributed by atoms with E-state index >= 15 is 0 Å². The number of benzene rings is 1. The van der Waals surface area contributed by atoms with Crippen molar-refractivity contribution >= 4 is 0 Å². The summed E-state index contributed by atoms with van der Waals surface area (Å²) in [4.78, 5) is 0. The second-order valence-electron chi connectivity index (χ2n) is 10.7. The third-order valence-electron chi connectivity index (χ3n) is 7.61. The molecule has 1 aromatic rings. The van der Waals surface area contributed by atoms with Gasteiger partial charge in [-0.1, -0.05) is 142 Å². The van der Waals surface area contributed by atoms with Crippen molar-refractivity contribution in [2.45, 2.75) is 111 Å². The van der Waals surface area contributed by atoms with E-state index in [1.165, 1.54) is 99.3 Å². The molecule has 0 spiro atoms. The average molecular weight is 483 g/mol. The first-order valence-electron chi connectivity index (χ1n) is 14.9. The van der Waals surface area contributed by atoms with E-state index in [-0.39, 0.29) is 0 Å². The molecule has 0 bridgehead atoms. The van der Waals surface area contributed by atoms with E-state index < -0.39 is 0 Å². The Morgan fingerprint density at radius 1 is 0.750 bits per heavy atom. The van der Waals surface area contributed by atoms with Gasteiger partial charge in [0.05, 0.1) is 0 Å². The summed E-state index contributed by atoms with van der Waals surface area (Å²) in [5, 5.41) is 0. The van der Waals surface area contributed by atoms with Gasteiger partial charge in [0.15, 0.2) is 0 Å². The van der Waals surface area contributed by atoms with Crippen LogP contribution >= 0.6 is 0 Å². The molecule has 0 N–H and O–H groups in total. The second-order valence-corrected chi connectivity index (χ2v) is 10.7. The third-order valence-corrected chi connectivity index (χ3v) is 7.61. The highest BCUT2D eigenvalue weighted by Crippen LogP contribution is 2.30. The Hall–Kier alpha value is -2.34. The predicted octanol–water partition coefficient (Wildman–Crippen LogP) is 11.1. The van der Waals surface area contributed by atoms with Crippen LogP contribution in [0.5, 0.6) is 0 Å². The number of hydrogen-bond donors (Lipinski definition) is 0. The van der Waals surface area contributed by atoms with Gasteiger partial charge in [-0.3, -0.25) is 0 Å². The zero-order valence-electron chi connectivity index (χ0n) is 23.4. The molecule has 5 rings (SSSR count). The van der Waals surface area contributed by atoms with Crippen LogP contribution in [-0.2, 0) is 6.42 Å². The fourth-order valence-corrected chi connectivity index (χ4v) is 5.51. The summed E-state index contributed by atoms with van der Waals surface area (Å²) < 4.78 is 0. The smallest absolute Gasteiger partial charge is 0.00322 e. The monoisotopic (exact) mass is 482 g/mol. The standard InChI is InChI=1S/C28H32.C6H12.C2H6/c1-22-10-12-24(13-11-22)19-27-8-5-9-28(21-27)20-26-16-14-25(15-17-26)18-23-6-3-2-4-7-23;1-2-4-6-5-3-1;1-2/h2-3,6,9-14,16-17,21,25H,4-5,7-8,15,18-20H2,1H3;1-6H2;1-2H3. The molecule has 0 aliphatic heterocycles. The molecule has 0 radical (unpaired) electrons. The first kappa shape index (κ1) is 28.2. The Bertz CT molecular complexity index is 942. The summed E-state index contributed by atoms with van der Waals surface area (Å²) in [5.74, 6) is 0.689. The maximum atomic E-state index is 2.48. The van der Waals surface area contributed by atoms with Gasteiger partial charge in [-0.2, -0.15) is 0 Å². The lowest BCUT2D eigenvalue weighted by Crippen LogP contribution is -2.04. The maximum absolute atomic E-state index is 2.48. The SMILES string of the molecule is C1CCCCC1.CC.Cc1ccc(CC2=CC(CC3=CCC(CC4=CC=CCC4)C=C3)=CCC2)cc1. The Balaban J connectivity index is 0.000000390. The van der Waals surface area contributed by atoms with Crippen LogP contribution in [0.3, 0.4) is 0 Å². The largest absolute Gasteiger partial charge is 0.0842 e. The van der Waals surface area contributed by atoms with Crippen LogP contribution in [-0.4, -0.2) is 0 Å². The topological polar surface area (TPSA) is 0 Å². The minimum absolute atomic E-state index is 0.689. The molecule has 1 unspecified atom stereocenters. The van der Waals surface area contributed by atoms with E-state index in [0.29, 0.717) is 5.92 Å². The Morgan fingerprint density at radius 3 is 2.06 bits per heavy atom. The lowest BCUT2D eigenvalue weighted by atomic mass is 9.85. The van der Waals surface area contributed by atoms with Gasteiger partial charge in [-0.05, 0) is 80.9 Å². The van der Waals surface area contributed by atoms with Crippen LogP contribution in [0.1, 0.15) is 108 Å². The molecule has 0 nitrogen and oxygen atoms in total. The molecule has 1 fully saturated rings. The van der Waals surface area contributed by atoms with Crippen LogP contribution in [0.2, 0.25) is 0 Å². The lowest BCUT2D eigenvalue weighted by Gasteiger charge is -2.20. The minimum atomic E-state index is 0.689. The van der Waals surface area contributed by atoms with Gasteiger partial charge in [0, 0.05) is 0 Å². The van der Waals surface area contributed by atoms with Crippen LogP contribution in [0, 0.1) is 12.8 Å². The molecule has 4 aliphatic carbocycles. The summed E-state index contributed by atoms with van der Waals surface area (Å²) in [5.41, 5.74) is 8.97. The molecular formula is C36H50. The molecule has 4 aliphatic rings. The van der Waals surface area contributed by atoms with Crippen molar-refractivity contribution in [2.24, 2.45) is 5.92 Å². The summed E-state index contributed by atoms with van der Waals surface area (Å²) in [6.45, 7) is 6.16. The van der Waals surface area contributed by atoms with Crippen molar-refractivity contribution in [3.05, 3.63) is 106 Å². The van der Waals surface area contributed by atoms with Crippen molar-refractivity contribution < 1.29 is 0 Å². The molecular weight excluding hydrogens is 432 g/mol. The normalized spacial score (nSPS) is 21.0. The van der Waals surface area contributed by atoms with Gasteiger partial charge in [0.25, 0.3) is 0 Å². The molecule has 1 saturated carbocycles. The van der Waals surface area contributed by atoms with E-state index in [9.17, 15) is 0 Å². The third kappa shape index (κ3) is 10.3. The molecule has 0 amide bonds. The fourth-order valence-electron chi connectivity index (χ4n) is 5.51. The summed E-state index contributed by atoms with van der Waals surface area (Å²) >= 11 is 0. The molecule has 194 valence electrons. The highest BCUT2D eigenvalue weighted by Gasteiger charge is 2.13. The quantitative estimate of drug-likeness (QED) is 0.378. The van der Waals surface area contributed by atoms with E-state index in [2.05, 4.69) is 79.8 Å². The van der Waals surface area contributed by atoms with E-state index in [4.69, 9.17) is 0 Å². The van der Waals surface area contributed by atoms with Gasteiger partial charge in [-0.25, -0.2) is 0 Å². The molecule has 0 saturated heterocycles. The van der Waals surface area contributed by atoms with Crippen molar-refractivity contribution in [1.82, 2.24) is 0 Å². The summed E-state index contributed by atoms with van der Waals surface area (Å²) in [6, 6.07) is 9.00. The van der Waals surface area contributed by atoms with Crippen LogP contribution in [0.25, 0.3) is 0 Å². The van der Waals surface area contributed by atoms with Crippen LogP contribution < -0.4 is 0 Å². The highest BCUT2D eigenvalue weighted by atomic mass is 14.2. The molecule has 1 aromatic carbocycles. The molecule has 0 heteroatoms. The number of rotatable bonds is 6. The predicted molar refractivity (Wildman–Crippen MR) is 160 cm³/mol. The Labute approximate surface area is 222 Å². The van der Waals surface area contributed by atoms with E-state index in [1.54, 1.807) is 11.1 Å². The highest BCUT2D eigenvalue weighted by molar-refractivity contribution is 5.38. The molecule has 0 aromatic heterocycles. The van der Waals surface area contributed by atoms with Gasteiger partial charge in [-0.15, -0.1) is 0 Å². The number of aryl methyl sites for hydroxylation is 1. The first-order valence-corrected chi connectivity index (χ1v) is 14.9. The van der Waals surface area contributed by atoms with Gasteiger partial charge >= 0.3 is 0 Å². The zero-order valence-corrected chi connectivity index (χ0v) is 23.4. The van der Waals surface area contributed by atoms with E-state index in [0.717, 1.165) is 12.8 Å². The molecule has 1 atom stereocenters. The van der Waals surface area contributed by atoms with Gasteiger partial charge in [0.2, 0.25) is 0 Å². The van der Waals surface area contributed by atoms with Crippen molar-refractivity contribution in [3.63, 3.8) is 0 Å².